The molecule has 0 aliphatic rings. The molecule has 0 heterocycles. The van der Waals surface area contributed by atoms with Gasteiger partial charge in [-0.15, -0.1) is 0 Å². The maximum atomic E-state index is 9.10. The molecule has 0 atom stereocenters. The third-order valence-electron chi connectivity index (χ3n) is 1.50. The summed E-state index contributed by atoms with van der Waals surface area (Å²) in [6.45, 7) is 6.31. The van der Waals surface area contributed by atoms with Gasteiger partial charge in [0.15, 0.2) is 0 Å². The van der Waals surface area contributed by atoms with E-state index in [9.17, 15) is 0 Å². The van der Waals surface area contributed by atoms with Crippen LogP contribution in [-0.4, -0.2) is 105 Å². The summed E-state index contributed by atoms with van der Waals surface area (Å²) in [5.41, 5.74) is -2.01. The van der Waals surface area contributed by atoms with E-state index in [1.807, 2.05) is 0 Å². The zero-order valence-corrected chi connectivity index (χ0v) is 15.9. The quantitative estimate of drug-likeness (QED) is 0.448. The Bertz CT molecular complexity index is 138. The molecule has 13 heteroatoms. The van der Waals surface area contributed by atoms with Crippen LogP contribution in [0.3, 0.4) is 0 Å². The monoisotopic (exact) mass is 308 g/mol. The fourth-order valence-corrected chi connectivity index (χ4v) is 0. The average Bonchev–Trinajstić information content (AvgIpc) is 1.76. The zero-order chi connectivity index (χ0) is 14.2. The van der Waals surface area contributed by atoms with E-state index in [-0.39, 0.29) is 69.2 Å². The summed E-state index contributed by atoms with van der Waals surface area (Å²) in [6.07, 6.45) is 0. The Labute approximate surface area is 162 Å². The third kappa shape index (κ3) is 53.4. The normalized spacial score (nSPS) is 8.84. The van der Waals surface area contributed by atoms with Crippen LogP contribution in [0.1, 0.15) is 27.7 Å². The Morgan fingerprint density at radius 2 is 0.632 bits per heavy atom. The molecule has 0 aromatic carbocycles. The van der Waals surface area contributed by atoms with Crippen molar-refractivity contribution < 1.29 is 40.4 Å². The second-order valence-electron chi connectivity index (χ2n) is 3.70. The fourth-order valence-electron chi connectivity index (χ4n) is 0. The Kier molecular flexibility index (Phi) is 35.7. The van der Waals surface area contributed by atoms with Crippen molar-refractivity contribution in [2.75, 3.05) is 0 Å². The molecule has 0 aliphatic heterocycles. The number of aliphatic hydroxyl groups is 2. The predicted octanol–water partition coefficient (Wildman–Crippen LogP) is -8.51. The fraction of sp³-hybridized carbons (Fsp3) is 1.00. The molecule has 8 nitrogen and oxygen atoms in total. The predicted molar refractivity (Wildman–Crippen MR) is 61.4 cm³/mol. The van der Waals surface area contributed by atoms with Crippen LogP contribution in [0.4, 0.5) is 0 Å². The van der Waals surface area contributed by atoms with Crippen LogP contribution in [-0.2, 0) is 0 Å². The molecule has 0 saturated carbocycles. The molecule has 0 bridgehead atoms. The SMILES string of the molecule is CC(C)(O)C(C)(C)O.[Mg+2].[Mg+2].[Mg+2].[O-]B([O-])[O-].[O-]B([O-])[O-]. The maximum Gasteiger partial charge on any atom is 2.00 e. The number of hydrogen-bond acceptors (Lipinski definition) is 8. The van der Waals surface area contributed by atoms with Gasteiger partial charge in [-0.2, -0.15) is 0 Å². The van der Waals surface area contributed by atoms with Crippen LogP contribution in [0, 0.1) is 0 Å². The van der Waals surface area contributed by atoms with E-state index < -0.39 is 25.8 Å². The second kappa shape index (κ2) is 18.2. The molecule has 0 saturated heterocycles. The summed E-state index contributed by atoms with van der Waals surface area (Å²) in [4.78, 5) is 0. The Morgan fingerprint density at radius 1 is 0.579 bits per heavy atom. The van der Waals surface area contributed by atoms with Gasteiger partial charge in [0.2, 0.25) is 0 Å². The van der Waals surface area contributed by atoms with Crippen molar-refractivity contribution in [2.24, 2.45) is 0 Å². The van der Waals surface area contributed by atoms with Crippen LogP contribution >= 0.6 is 0 Å². The summed E-state index contributed by atoms with van der Waals surface area (Å²) in [6, 6.07) is 0. The van der Waals surface area contributed by atoms with Crippen molar-refractivity contribution in [3.8, 4) is 0 Å². The minimum absolute atomic E-state index is 0. The van der Waals surface area contributed by atoms with Crippen LogP contribution in [0.5, 0.6) is 0 Å². The first-order valence-corrected chi connectivity index (χ1v) is 4.11. The van der Waals surface area contributed by atoms with E-state index in [1.165, 1.54) is 0 Å². The van der Waals surface area contributed by atoms with Gasteiger partial charge in [0.1, 0.15) is 0 Å². The van der Waals surface area contributed by atoms with Gasteiger partial charge in [-0.25, -0.2) is 0 Å². The summed E-state index contributed by atoms with van der Waals surface area (Å²) in [7, 11) is -5.83. The molecular formula is C6H14B2Mg3O8. The molecule has 0 aromatic heterocycles. The van der Waals surface area contributed by atoms with Gasteiger partial charge in [0, 0.05) is 0 Å². The van der Waals surface area contributed by atoms with Crippen molar-refractivity contribution in [1.82, 2.24) is 0 Å². The van der Waals surface area contributed by atoms with Gasteiger partial charge in [0.25, 0.3) is 0 Å². The molecule has 19 heavy (non-hydrogen) atoms. The molecule has 0 unspecified atom stereocenters. The van der Waals surface area contributed by atoms with E-state index in [0.717, 1.165) is 0 Å². The molecule has 0 fully saturated rings. The number of hydrogen-bond donors (Lipinski definition) is 2. The number of rotatable bonds is 1. The van der Waals surface area contributed by atoms with E-state index in [1.54, 1.807) is 27.7 Å². The minimum Gasteiger partial charge on any atom is -0.907 e. The zero-order valence-electron chi connectivity index (χ0n) is 11.6. The van der Waals surface area contributed by atoms with Crippen LogP contribution in [0.2, 0.25) is 0 Å². The Balaban J connectivity index is -0.0000000337. The molecule has 2 N–H and O–H groups in total. The smallest absolute Gasteiger partial charge is 0.907 e. The standard InChI is InChI=1S/C6H14O2.2BO3.3Mg/c1-5(2,7)6(3,4)8;2*2-1(3)4;;;/h7-8H,1-4H3;;;;;/q;2*-3;3*+2. The van der Waals surface area contributed by atoms with Crippen molar-refractivity contribution in [1.29, 1.82) is 0 Å². The average molecular weight is 309 g/mol. The first kappa shape index (κ1) is 37.4. The Morgan fingerprint density at radius 3 is 0.632 bits per heavy atom. The first-order valence-electron chi connectivity index (χ1n) is 4.11. The second-order valence-corrected chi connectivity index (χ2v) is 3.70. The van der Waals surface area contributed by atoms with E-state index in [4.69, 9.17) is 40.4 Å². The first-order chi connectivity index (χ1) is 6.71. The van der Waals surface area contributed by atoms with Crippen LogP contribution < -0.4 is 30.1 Å². The van der Waals surface area contributed by atoms with Gasteiger partial charge in [-0.1, -0.05) is 0 Å². The summed E-state index contributed by atoms with van der Waals surface area (Å²) in [5, 5.41) is 68.7. The molecular weight excluding hydrogens is 295 g/mol. The topological polar surface area (TPSA) is 179 Å². The summed E-state index contributed by atoms with van der Waals surface area (Å²) in [5.74, 6) is 0. The summed E-state index contributed by atoms with van der Waals surface area (Å²) >= 11 is 0. The maximum absolute atomic E-state index is 9.10. The largest absolute Gasteiger partial charge is 2.00 e. The van der Waals surface area contributed by atoms with Crippen molar-refractivity contribution in [3.63, 3.8) is 0 Å². The summed E-state index contributed by atoms with van der Waals surface area (Å²) < 4.78 is 0. The van der Waals surface area contributed by atoms with Crippen LogP contribution in [0.25, 0.3) is 0 Å². The van der Waals surface area contributed by atoms with E-state index in [2.05, 4.69) is 0 Å². The third-order valence-corrected chi connectivity index (χ3v) is 1.50. The van der Waals surface area contributed by atoms with Gasteiger partial charge in [-0.3, -0.25) is 14.6 Å². The van der Waals surface area contributed by atoms with Crippen molar-refractivity contribution in [3.05, 3.63) is 0 Å². The van der Waals surface area contributed by atoms with Crippen molar-refractivity contribution in [2.45, 2.75) is 38.9 Å². The van der Waals surface area contributed by atoms with Gasteiger partial charge < -0.3 is 40.4 Å². The van der Waals surface area contributed by atoms with E-state index >= 15 is 0 Å². The van der Waals surface area contributed by atoms with Gasteiger partial charge in [0.05, 0.1) is 11.2 Å². The van der Waals surface area contributed by atoms with E-state index in [0.29, 0.717) is 0 Å². The molecule has 0 aliphatic carbocycles. The van der Waals surface area contributed by atoms with Crippen molar-refractivity contribution >= 4 is 83.8 Å². The molecule has 98 valence electrons. The Hall–Kier alpha value is 2.11. The molecule has 0 amide bonds. The molecule has 0 spiro atoms. The van der Waals surface area contributed by atoms with Crippen LogP contribution in [0.15, 0.2) is 0 Å². The molecule has 0 radical (unpaired) electrons. The minimum atomic E-state index is -2.92. The van der Waals surface area contributed by atoms with Gasteiger partial charge >= 0.3 is 69.2 Å². The van der Waals surface area contributed by atoms with Gasteiger partial charge in [-0.05, 0) is 27.7 Å². The molecule has 0 rings (SSSR count). The molecule has 0 aromatic rings.